The summed E-state index contributed by atoms with van der Waals surface area (Å²) in [6, 6.07) is 2.67. The van der Waals surface area contributed by atoms with Gasteiger partial charge in [-0.2, -0.15) is 17.0 Å². The first-order chi connectivity index (χ1) is 7.20. The zero-order valence-corrected chi connectivity index (χ0v) is 10.8. The molecule has 4 heteroatoms. The van der Waals surface area contributed by atoms with Gasteiger partial charge in [0.25, 0.3) is 0 Å². The third kappa shape index (κ3) is 10.1. The lowest BCUT2D eigenvalue weighted by molar-refractivity contribution is 0.200. The molecule has 0 saturated carbocycles. The fourth-order valence-electron chi connectivity index (χ4n) is 1.20. The average molecular weight is 230 g/mol. The van der Waals surface area contributed by atoms with Crippen LogP contribution in [0.5, 0.6) is 0 Å². The van der Waals surface area contributed by atoms with E-state index in [2.05, 4.69) is 25.2 Å². The fourth-order valence-corrected chi connectivity index (χ4v) is 2.12. The Labute approximate surface area is 97.6 Å². The van der Waals surface area contributed by atoms with Crippen molar-refractivity contribution >= 4 is 11.8 Å². The van der Waals surface area contributed by atoms with E-state index in [0.717, 1.165) is 31.0 Å². The molecular formula is C11H22N2OS. The van der Waals surface area contributed by atoms with E-state index >= 15 is 0 Å². The third-order valence-corrected chi connectivity index (χ3v) is 2.98. The van der Waals surface area contributed by atoms with E-state index in [4.69, 9.17) is 10.00 Å². The van der Waals surface area contributed by atoms with Crippen LogP contribution in [0, 0.1) is 11.3 Å². The number of hydrogen-bond donors (Lipinski definition) is 1. The number of hydrogen-bond acceptors (Lipinski definition) is 4. The van der Waals surface area contributed by atoms with Gasteiger partial charge in [-0.3, -0.25) is 5.32 Å². The van der Waals surface area contributed by atoms with E-state index < -0.39 is 0 Å². The van der Waals surface area contributed by atoms with Crippen LogP contribution < -0.4 is 5.32 Å². The van der Waals surface area contributed by atoms with E-state index in [-0.39, 0.29) is 6.04 Å². The third-order valence-electron chi connectivity index (χ3n) is 1.88. The van der Waals surface area contributed by atoms with Crippen molar-refractivity contribution in [2.75, 3.05) is 25.2 Å². The van der Waals surface area contributed by atoms with Crippen LogP contribution in [0.2, 0.25) is 0 Å². The molecule has 88 valence electrons. The summed E-state index contributed by atoms with van der Waals surface area (Å²) < 4.78 is 4.97. The van der Waals surface area contributed by atoms with Crippen molar-refractivity contribution in [1.82, 2.24) is 5.32 Å². The summed E-state index contributed by atoms with van der Waals surface area (Å²) in [6.07, 6.45) is 2.02. The molecule has 0 rings (SSSR count). The van der Waals surface area contributed by atoms with Crippen molar-refractivity contribution in [3.63, 3.8) is 0 Å². The van der Waals surface area contributed by atoms with Gasteiger partial charge < -0.3 is 4.74 Å². The molecule has 0 heterocycles. The number of nitriles is 1. The summed E-state index contributed by atoms with van der Waals surface area (Å²) in [5.74, 6) is 2.16. The summed E-state index contributed by atoms with van der Waals surface area (Å²) in [7, 11) is 1.73. The molecule has 1 unspecified atom stereocenters. The molecule has 1 N–H and O–H groups in total. The van der Waals surface area contributed by atoms with Crippen LogP contribution in [-0.4, -0.2) is 37.3 Å². The van der Waals surface area contributed by atoms with E-state index in [1.54, 1.807) is 7.11 Å². The van der Waals surface area contributed by atoms with Gasteiger partial charge in [-0.15, -0.1) is 0 Å². The zero-order valence-electron chi connectivity index (χ0n) is 9.95. The maximum absolute atomic E-state index is 8.87. The fraction of sp³-hybridized carbons (Fsp3) is 0.909. The van der Waals surface area contributed by atoms with Crippen molar-refractivity contribution in [2.45, 2.75) is 38.8 Å². The Morgan fingerprint density at radius 2 is 2.13 bits per heavy atom. The van der Waals surface area contributed by atoms with E-state index in [0.29, 0.717) is 6.04 Å². The zero-order chi connectivity index (χ0) is 11.5. The Morgan fingerprint density at radius 3 is 2.67 bits per heavy atom. The van der Waals surface area contributed by atoms with Crippen LogP contribution in [0.4, 0.5) is 0 Å². The molecule has 0 bridgehead atoms. The Balaban J connectivity index is 3.35. The lowest BCUT2D eigenvalue weighted by Gasteiger charge is -2.13. The summed E-state index contributed by atoms with van der Waals surface area (Å²) in [6.45, 7) is 4.96. The molecule has 0 aliphatic carbocycles. The number of methoxy groups -OCH3 is 1. The monoisotopic (exact) mass is 230 g/mol. The van der Waals surface area contributed by atoms with Crippen LogP contribution in [0.3, 0.4) is 0 Å². The number of ether oxygens (including phenoxy) is 1. The van der Waals surface area contributed by atoms with Gasteiger partial charge in [0.1, 0.15) is 0 Å². The highest BCUT2D eigenvalue weighted by Gasteiger charge is 2.07. The van der Waals surface area contributed by atoms with Gasteiger partial charge in [0.2, 0.25) is 0 Å². The van der Waals surface area contributed by atoms with Crippen molar-refractivity contribution in [2.24, 2.45) is 0 Å². The summed E-state index contributed by atoms with van der Waals surface area (Å²) >= 11 is 1.89. The summed E-state index contributed by atoms with van der Waals surface area (Å²) in [4.78, 5) is 0. The van der Waals surface area contributed by atoms with E-state index in [1.165, 1.54) is 0 Å². The van der Waals surface area contributed by atoms with Crippen LogP contribution in [-0.2, 0) is 4.74 Å². The number of nitrogens with one attached hydrogen (secondary N) is 1. The highest BCUT2D eigenvalue weighted by atomic mass is 32.2. The van der Waals surface area contributed by atoms with Crippen molar-refractivity contribution in [3.8, 4) is 6.07 Å². The van der Waals surface area contributed by atoms with E-state index in [9.17, 15) is 0 Å². The molecule has 0 saturated heterocycles. The summed E-state index contributed by atoms with van der Waals surface area (Å²) in [5.41, 5.74) is 0. The molecule has 1 atom stereocenters. The first-order valence-corrected chi connectivity index (χ1v) is 6.58. The highest BCUT2D eigenvalue weighted by molar-refractivity contribution is 7.99. The Bertz CT molecular complexity index is 180. The molecule has 15 heavy (non-hydrogen) atoms. The molecule has 0 radical (unpaired) electrons. The van der Waals surface area contributed by atoms with Crippen molar-refractivity contribution < 1.29 is 4.74 Å². The number of rotatable bonds is 9. The number of nitrogens with zero attached hydrogens (tertiary/aromatic N) is 1. The van der Waals surface area contributed by atoms with Crippen LogP contribution in [0.15, 0.2) is 0 Å². The van der Waals surface area contributed by atoms with Gasteiger partial charge in [-0.25, -0.2) is 0 Å². The van der Waals surface area contributed by atoms with Crippen molar-refractivity contribution in [1.29, 1.82) is 5.26 Å². The molecular weight excluding hydrogens is 208 g/mol. The van der Waals surface area contributed by atoms with Gasteiger partial charge in [-0.05, 0) is 38.2 Å². The summed E-state index contributed by atoms with van der Waals surface area (Å²) in [5, 5.41) is 12.1. The molecule has 0 fully saturated rings. The maximum Gasteiger partial charge on any atom is 0.0962 e. The minimum absolute atomic E-state index is 0.0000693. The van der Waals surface area contributed by atoms with Gasteiger partial charge >= 0.3 is 0 Å². The predicted molar refractivity (Wildman–Crippen MR) is 66.1 cm³/mol. The lowest BCUT2D eigenvalue weighted by atomic mass is 10.2. The van der Waals surface area contributed by atoms with Crippen LogP contribution >= 0.6 is 11.8 Å². The maximum atomic E-state index is 8.87. The van der Waals surface area contributed by atoms with Gasteiger partial charge in [0.15, 0.2) is 0 Å². The van der Waals surface area contributed by atoms with Gasteiger partial charge in [-0.1, -0.05) is 0 Å². The lowest BCUT2D eigenvalue weighted by Crippen LogP contribution is -2.33. The molecule has 0 amide bonds. The second kappa shape index (κ2) is 10.3. The minimum Gasteiger partial charge on any atom is -0.385 e. The average Bonchev–Trinajstić information content (AvgIpc) is 2.20. The van der Waals surface area contributed by atoms with Crippen LogP contribution in [0.25, 0.3) is 0 Å². The molecule has 0 aromatic carbocycles. The Kier molecular flexibility index (Phi) is 10.1. The van der Waals surface area contributed by atoms with Gasteiger partial charge in [0.05, 0.1) is 12.1 Å². The molecule has 0 aromatic heterocycles. The second-order valence-corrected chi connectivity index (χ2v) is 4.98. The topological polar surface area (TPSA) is 45.0 Å². The molecule has 0 aliphatic heterocycles. The largest absolute Gasteiger partial charge is 0.385 e. The normalized spacial score (nSPS) is 12.7. The molecule has 0 aromatic rings. The highest BCUT2D eigenvalue weighted by Crippen LogP contribution is 2.06. The second-order valence-electron chi connectivity index (χ2n) is 3.75. The standard InChI is InChI=1S/C11H22N2OS/c1-10(2)13-11(9-12)5-8-15-7-4-6-14-3/h10-11,13H,4-8H2,1-3H3. The molecule has 0 spiro atoms. The van der Waals surface area contributed by atoms with Gasteiger partial charge in [0, 0.05) is 19.8 Å². The van der Waals surface area contributed by atoms with Crippen LogP contribution in [0.1, 0.15) is 26.7 Å². The Hall–Kier alpha value is -0.240. The first-order valence-electron chi connectivity index (χ1n) is 5.43. The smallest absolute Gasteiger partial charge is 0.0962 e. The van der Waals surface area contributed by atoms with E-state index in [1.807, 2.05) is 11.8 Å². The SMILES string of the molecule is COCCCSCCC(C#N)NC(C)C. The Morgan fingerprint density at radius 1 is 1.40 bits per heavy atom. The first kappa shape index (κ1) is 14.8. The minimum atomic E-state index is -0.0000693. The molecule has 0 aliphatic rings. The number of thioether (sulfide) groups is 1. The van der Waals surface area contributed by atoms with Crippen molar-refractivity contribution in [3.05, 3.63) is 0 Å². The predicted octanol–water partition coefficient (Wildman–Crippen LogP) is 2.04. The quantitative estimate of drug-likeness (QED) is 0.616. The molecule has 3 nitrogen and oxygen atoms in total.